The quantitative estimate of drug-likeness (QED) is 0.905. The highest BCUT2D eigenvalue weighted by Gasteiger charge is 2.44. The molecule has 114 valence electrons. The van der Waals surface area contributed by atoms with Crippen molar-refractivity contribution in [3.8, 4) is 0 Å². The molecular weight excluding hydrogens is 256 g/mol. The van der Waals surface area contributed by atoms with Gasteiger partial charge in [-0.15, -0.1) is 0 Å². The van der Waals surface area contributed by atoms with Gasteiger partial charge in [0.25, 0.3) is 0 Å². The molecule has 1 aliphatic heterocycles. The maximum Gasteiger partial charge on any atom is 0.0158 e. The van der Waals surface area contributed by atoms with Crippen LogP contribution in [-0.4, -0.2) is 30.1 Å². The highest BCUT2D eigenvalue weighted by Crippen LogP contribution is 2.44. The molecule has 2 fully saturated rings. The van der Waals surface area contributed by atoms with Crippen molar-refractivity contribution in [2.75, 3.05) is 13.1 Å². The Morgan fingerprint density at radius 1 is 1.05 bits per heavy atom. The van der Waals surface area contributed by atoms with Crippen LogP contribution in [0.4, 0.5) is 0 Å². The summed E-state index contributed by atoms with van der Waals surface area (Å²) in [6, 6.07) is 10.3. The molecule has 1 heterocycles. The number of nitrogens with zero attached hydrogens (tertiary/aromatic N) is 1. The predicted molar refractivity (Wildman–Crippen MR) is 87.2 cm³/mol. The van der Waals surface area contributed by atoms with Crippen molar-refractivity contribution in [2.24, 2.45) is 23.5 Å². The molecular formula is C19H28N2. The lowest BCUT2D eigenvalue weighted by Gasteiger charge is -2.32. The SMILES string of the molecule is CC(N)C1CCN(C2C3CCC2Cc2ccccc2C3)C1. The second-order valence-electron chi connectivity index (χ2n) is 7.67. The first-order valence-electron chi connectivity index (χ1n) is 8.79. The highest BCUT2D eigenvalue weighted by molar-refractivity contribution is 5.31. The summed E-state index contributed by atoms with van der Waals surface area (Å²) in [5, 5.41) is 0. The van der Waals surface area contributed by atoms with Crippen LogP contribution in [0.2, 0.25) is 0 Å². The monoisotopic (exact) mass is 284 g/mol. The first-order chi connectivity index (χ1) is 10.2. The fraction of sp³-hybridized carbons (Fsp3) is 0.684. The summed E-state index contributed by atoms with van der Waals surface area (Å²) >= 11 is 0. The van der Waals surface area contributed by atoms with E-state index in [4.69, 9.17) is 5.73 Å². The van der Waals surface area contributed by atoms with Gasteiger partial charge >= 0.3 is 0 Å². The zero-order valence-corrected chi connectivity index (χ0v) is 13.2. The van der Waals surface area contributed by atoms with Gasteiger partial charge in [0.1, 0.15) is 0 Å². The molecule has 0 amide bonds. The molecule has 2 aliphatic carbocycles. The molecule has 1 aromatic carbocycles. The summed E-state index contributed by atoms with van der Waals surface area (Å²) < 4.78 is 0. The van der Waals surface area contributed by atoms with E-state index in [1.165, 1.54) is 45.2 Å². The second-order valence-corrected chi connectivity index (χ2v) is 7.67. The highest BCUT2D eigenvalue weighted by atomic mass is 15.2. The minimum absolute atomic E-state index is 0.357. The van der Waals surface area contributed by atoms with Gasteiger partial charge in [-0.25, -0.2) is 0 Å². The third-order valence-corrected chi connectivity index (χ3v) is 6.38. The summed E-state index contributed by atoms with van der Waals surface area (Å²) in [4.78, 5) is 2.81. The molecule has 3 aliphatic rings. The Balaban J connectivity index is 1.56. The van der Waals surface area contributed by atoms with Crippen molar-refractivity contribution in [2.45, 2.75) is 51.1 Å². The first kappa shape index (κ1) is 13.8. The van der Waals surface area contributed by atoms with Crippen LogP contribution in [0, 0.1) is 17.8 Å². The zero-order chi connectivity index (χ0) is 14.4. The summed E-state index contributed by atoms with van der Waals surface area (Å²) in [5.74, 6) is 2.48. The third-order valence-electron chi connectivity index (χ3n) is 6.38. The predicted octanol–water partition coefficient (Wildman–Crippen LogP) is 2.85. The maximum atomic E-state index is 6.15. The first-order valence-corrected chi connectivity index (χ1v) is 8.79. The smallest absolute Gasteiger partial charge is 0.0158 e. The van der Waals surface area contributed by atoms with Gasteiger partial charge in [0.2, 0.25) is 0 Å². The lowest BCUT2D eigenvalue weighted by molar-refractivity contribution is 0.152. The van der Waals surface area contributed by atoms with Crippen LogP contribution in [0.3, 0.4) is 0 Å². The van der Waals surface area contributed by atoms with E-state index in [0.717, 1.165) is 23.8 Å². The number of benzene rings is 1. The number of fused-ring (bicyclic) bond motifs is 3. The van der Waals surface area contributed by atoms with E-state index in [9.17, 15) is 0 Å². The molecule has 4 atom stereocenters. The molecule has 0 spiro atoms. The Hall–Kier alpha value is -0.860. The lowest BCUT2D eigenvalue weighted by atomic mass is 9.93. The summed E-state index contributed by atoms with van der Waals surface area (Å²) in [6.07, 6.45) is 6.78. The van der Waals surface area contributed by atoms with Crippen LogP contribution >= 0.6 is 0 Å². The molecule has 21 heavy (non-hydrogen) atoms. The summed E-state index contributed by atoms with van der Waals surface area (Å²) in [6.45, 7) is 4.71. The van der Waals surface area contributed by atoms with E-state index in [1.54, 1.807) is 11.1 Å². The zero-order valence-electron chi connectivity index (χ0n) is 13.2. The Kier molecular flexibility index (Phi) is 3.55. The lowest BCUT2D eigenvalue weighted by Crippen LogP contribution is -2.42. The Bertz CT molecular complexity index is 477. The number of rotatable bonds is 2. The van der Waals surface area contributed by atoms with Crippen molar-refractivity contribution in [1.29, 1.82) is 0 Å². The minimum Gasteiger partial charge on any atom is -0.328 e. The number of hydrogen-bond donors (Lipinski definition) is 1. The number of hydrogen-bond acceptors (Lipinski definition) is 2. The summed E-state index contributed by atoms with van der Waals surface area (Å²) in [7, 11) is 0. The fourth-order valence-electron chi connectivity index (χ4n) is 5.23. The Morgan fingerprint density at radius 3 is 2.19 bits per heavy atom. The van der Waals surface area contributed by atoms with Crippen molar-refractivity contribution >= 4 is 0 Å². The molecule has 2 N–H and O–H groups in total. The molecule has 0 aromatic heterocycles. The minimum atomic E-state index is 0.357. The van der Waals surface area contributed by atoms with E-state index in [2.05, 4.69) is 36.1 Å². The molecule has 4 rings (SSSR count). The standard InChI is InChI=1S/C19H28N2/c1-13(20)18-8-9-21(12-18)19-16-6-7-17(19)11-15-5-3-2-4-14(15)10-16/h2-5,13,16-19H,6-12,20H2,1H3. The van der Waals surface area contributed by atoms with Gasteiger partial charge in [0.05, 0.1) is 0 Å². The van der Waals surface area contributed by atoms with Crippen LogP contribution in [0.25, 0.3) is 0 Å². The Labute approximate surface area is 128 Å². The van der Waals surface area contributed by atoms with E-state index >= 15 is 0 Å². The van der Waals surface area contributed by atoms with Gasteiger partial charge in [-0.2, -0.15) is 0 Å². The maximum absolute atomic E-state index is 6.15. The van der Waals surface area contributed by atoms with Crippen molar-refractivity contribution in [3.05, 3.63) is 35.4 Å². The van der Waals surface area contributed by atoms with E-state index in [1.807, 2.05) is 0 Å². The number of likely N-dealkylation sites (tertiary alicyclic amines) is 1. The molecule has 2 bridgehead atoms. The average Bonchev–Trinajstić information content (AvgIpc) is 3.02. The van der Waals surface area contributed by atoms with Crippen LogP contribution in [0.1, 0.15) is 37.3 Å². The fourth-order valence-corrected chi connectivity index (χ4v) is 5.23. The van der Waals surface area contributed by atoms with Crippen LogP contribution in [0.15, 0.2) is 24.3 Å². The molecule has 4 unspecified atom stereocenters. The van der Waals surface area contributed by atoms with Gasteiger partial charge in [-0.05, 0) is 74.5 Å². The van der Waals surface area contributed by atoms with Gasteiger partial charge in [-0.3, -0.25) is 4.90 Å². The van der Waals surface area contributed by atoms with Crippen LogP contribution in [0.5, 0.6) is 0 Å². The molecule has 0 radical (unpaired) electrons. The van der Waals surface area contributed by atoms with E-state index in [0.29, 0.717) is 6.04 Å². The molecule has 1 saturated carbocycles. The van der Waals surface area contributed by atoms with Crippen LogP contribution < -0.4 is 5.73 Å². The normalized spacial score (nSPS) is 37.2. The van der Waals surface area contributed by atoms with Crippen molar-refractivity contribution < 1.29 is 0 Å². The largest absolute Gasteiger partial charge is 0.328 e. The Morgan fingerprint density at radius 2 is 1.67 bits per heavy atom. The average molecular weight is 284 g/mol. The van der Waals surface area contributed by atoms with Gasteiger partial charge in [0.15, 0.2) is 0 Å². The summed E-state index contributed by atoms with van der Waals surface area (Å²) in [5.41, 5.74) is 9.39. The van der Waals surface area contributed by atoms with Gasteiger partial charge < -0.3 is 5.73 Å². The molecule has 1 aromatic rings. The van der Waals surface area contributed by atoms with Crippen molar-refractivity contribution in [1.82, 2.24) is 4.90 Å². The second kappa shape index (κ2) is 5.40. The van der Waals surface area contributed by atoms with E-state index < -0.39 is 0 Å². The van der Waals surface area contributed by atoms with Gasteiger partial charge in [-0.1, -0.05) is 24.3 Å². The topological polar surface area (TPSA) is 29.3 Å². The molecule has 1 saturated heterocycles. The third kappa shape index (κ3) is 2.43. The van der Waals surface area contributed by atoms with Gasteiger partial charge in [0, 0.05) is 18.6 Å². The molecule has 2 heteroatoms. The van der Waals surface area contributed by atoms with Crippen LogP contribution in [-0.2, 0) is 12.8 Å². The molecule has 2 nitrogen and oxygen atoms in total. The van der Waals surface area contributed by atoms with E-state index in [-0.39, 0.29) is 0 Å². The number of nitrogens with two attached hydrogens (primary N) is 1. The van der Waals surface area contributed by atoms with Crippen molar-refractivity contribution in [3.63, 3.8) is 0 Å².